The van der Waals surface area contributed by atoms with Crippen molar-refractivity contribution in [1.29, 1.82) is 5.26 Å². The number of carbonyl (C=O) groups is 2. The number of nitriles is 1. The molecule has 0 radical (unpaired) electrons. The zero-order valence-electron chi connectivity index (χ0n) is 10.4. The second kappa shape index (κ2) is 5.67. The molecule has 1 aliphatic rings. The average molecular weight is 237 g/mol. The molecule has 1 aliphatic carbocycles. The van der Waals surface area contributed by atoms with E-state index in [1.165, 1.54) is 0 Å². The van der Waals surface area contributed by atoms with Crippen LogP contribution in [-0.4, -0.2) is 24.4 Å². The molecule has 2 N–H and O–H groups in total. The van der Waals surface area contributed by atoms with E-state index in [1.54, 1.807) is 6.92 Å². The summed E-state index contributed by atoms with van der Waals surface area (Å²) in [6, 6.07) is 1.52. The lowest BCUT2D eigenvalue weighted by Gasteiger charge is -2.22. The van der Waals surface area contributed by atoms with Gasteiger partial charge in [0.15, 0.2) is 0 Å². The second-order valence-electron chi connectivity index (χ2n) is 4.49. The van der Waals surface area contributed by atoms with E-state index in [4.69, 9.17) is 5.26 Å². The number of carbonyl (C=O) groups excluding carboxylic acids is 2. The molecule has 5 heteroatoms. The lowest BCUT2D eigenvalue weighted by Crippen LogP contribution is -2.49. The first-order chi connectivity index (χ1) is 8.05. The van der Waals surface area contributed by atoms with Crippen LogP contribution in [0, 0.1) is 16.7 Å². The molecule has 1 fully saturated rings. The second-order valence-corrected chi connectivity index (χ2v) is 4.49. The Labute approximate surface area is 102 Å². The number of nitrogens with one attached hydrogen (secondary N) is 2. The van der Waals surface area contributed by atoms with E-state index in [0.29, 0.717) is 19.4 Å². The van der Waals surface area contributed by atoms with Crippen molar-refractivity contribution in [1.82, 2.24) is 10.6 Å². The highest BCUT2D eigenvalue weighted by atomic mass is 16.2. The summed E-state index contributed by atoms with van der Waals surface area (Å²) < 4.78 is 0. The first-order valence-corrected chi connectivity index (χ1v) is 6.05. The van der Waals surface area contributed by atoms with E-state index in [9.17, 15) is 9.59 Å². The Balaban J connectivity index is 2.59. The Morgan fingerprint density at radius 1 is 1.41 bits per heavy atom. The number of likely N-dealkylation sites (N-methyl/N-ethyl adjacent to an activating group) is 1. The maximum Gasteiger partial charge on any atom is 0.242 e. The quantitative estimate of drug-likeness (QED) is 0.755. The zero-order chi connectivity index (χ0) is 12.9. The van der Waals surface area contributed by atoms with Crippen LogP contribution in [0.25, 0.3) is 0 Å². The molecule has 2 amide bonds. The molecule has 0 aliphatic heterocycles. The molecule has 1 saturated carbocycles. The van der Waals surface area contributed by atoms with Crippen LogP contribution in [0.1, 0.15) is 39.5 Å². The van der Waals surface area contributed by atoms with Crippen molar-refractivity contribution in [3.05, 3.63) is 0 Å². The average Bonchev–Trinajstić information content (AvgIpc) is 2.79. The summed E-state index contributed by atoms with van der Waals surface area (Å²) in [4.78, 5) is 23.5. The third-order valence-corrected chi connectivity index (χ3v) is 3.20. The van der Waals surface area contributed by atoms with Crippen LogP contribution in [-0.2, 0) is 9.59 Å². The van der Waals surface area contributed by atoms with Gasteiger partial charge < -0.3 is 10.6 Å². The molecule has 1 unspecified atom stereocenters. The topological polar surface area (TPSA) is 82.0 Å². The van der Waals surface area contributed by atoms with Crippen molar-refractivity contribution >= 4 is 11.8 Å². The van der Waals surface area contributed by atoms with Crippen LogP contribution in [0.5, 0.6) is 0 Å². The van der Waals surface area contributed by atoms with Gasteiger partial charge in [-0.05, 0) is 26.7 Å². The van der Waals surface area contributed by atoms with Crippen molar-refractivity contribution in [2.75, 3.05) is 6.54 Å². The van der Waals surface area contributed by atoms with Crippen LogP contribution < -0.4 is 10.6 Å². The van der Waals surface area contributed by atoms with Crippen LogP contribution >= 0.6 is 0 Å². The molecule has 0 aromatic carbocycles. The smallest absolute Gasteiger partial charge is 0.242 e. The van der Waals surface area contributed by atoms with Crippen LogP contribution in [0.4, 0.5) is 0 Å². The summed E-state index contributed by atoms with van der Waals surface area (Å²) in [5.74, 6) is -0.525. The summed E-state index contributed by atoms with van der Waals surface area (Å²) in [7, 11) is 0. The fourth-order valence-corrected chi connectivity index (χ4v) is 2.10. The van der Waals surface area contributed by atoms with Gasteiger partial charge in [-0.1, -0.05) is 12.8 Å². The molecule has 0 spiro atoms. The van der Waals surface area contributed by atoms with Gasteiger partial charge in [-0.15, -0.1) is 0 Å². The summed E-state index contributed by atoms with van der Waals surface area (Å²) in [5.41, 5.74) is -0.916. The number of hydrogen-bond acceptors (Lipinski definition) is 3. The van der Waals surface area contributed by atoms with Crippen molar-refractivity contribution in [3.63, 3.8) is 0 Å². The molecule has 1 rings (SSSR count). The Morgan fingerprint density at radius 3 is 2.47 bits per heavy atom. The maximum atomic E-state index is 12.0. The van der Waals surface area contributed by atoms with Crippen molar-refractivity contribution in [3.8, 4) is 6.07 Å². The standard InChI is InChI=1S/C12H19N3O2/c1-3-14-10(16)9(2)15-11(17)12(8-13)6-4-5-7-12/h9H,3-7H2,1-2H3,(H,14,16)(H,15,17). The molecule has 94 valence electrons. The Hall–Kier alpha value is -1.57. The van der Waals surface area contributed by atoms with Crippen LogP contribution in [0.15, 0.2) is 0 Å². The monoisotopic (exact) mass is 237 g/mol. The van der Waals surface area contributed by atoms with Gasteiger partial charge in [0.2, 0.25) is 11.8 Å². The number of hydrogen-bond donors (Lipinski definition) is 2. The van der Waals surface area contributed by atoms with Gasteiger partial charge in [-0.2, -0.15) is 5.26 Å². The lowest BCUT2D eigenvalue weighted by molar-refractivity contribution is -0.132. The molecule has 0 heterocycles. The molecular weight excluding hydrogens is 218 g/mol. The predicted octanol–water partition coefficient (Wildman–Crippen LogP) is 0.711. The van der Waals surface area contributed by atoms with Crippen molar-refractivity contribution in [2.24, 2.45) is 5.41 Å². The number of amides is 2. The molecular formula is C12H19N3O2. The molecule has 17 heavy (non-hydrogen) atoms. The van der Waals surface area contributed by atoms with Crippen molar-refractivity contribution in [2.45, 2.75) is 45.6 Å². The van der Waals surface area contributed by atoms with Gasteiger partial charge in [0.1, 0.15) is 11.5 Å². The van der Waals surface area contributed by atoms with E-state index >= 15 is 0 Å². The molecule has 5 nitrogen and oxygen atoms in total. The number of rotatable bonds is 4. The normalized spacial score (nSPS) is 19.1. The third kappa shape index (κ3) is 2.96. The van der Waals surface area contributed by atoms with Gasteiger partial charge in [0.25, 0.3) is 0 Å². The van der Waals surface area contributed by atoms with Crippen LogP contribution in [0.2, 0.25) is 0 Å². The first kappa shape index (κ1) is 13.5. The minimum absolute atomic E-state index is 0.216. The SMILES string of the molecule is CCNC(=O)C(C)NC(=O)C1(C#N)CCCC1. The van der Waals surface area contributed by atoms with E-state index in [2.05, 4.69) is 16.7 Å². The van der Waals surface area contributed by atoms with Gasteiger partial charge in [0, 0.05) is 6.54 Å². The highest BCUT2D eigenvalue weighted by Gasteiger charge is 2.42. The van der Waals surface area contributed by atoms with E-state index in [1.807, 2.05) is 6.92 Å². The van der Waals surface area contributed by atoms with Crippen molar-refractivity contribution < 1.29 is 9.59 Å². The molecule has 0 bridgehead atoms. The Kier molecular flexibility index (Phi) is 4.50. The highest BCUT2D eigenvalue weighted by Crippen LogP contribution is 2.37. The summed E-state index contributed by atoms with van der Waals surface area (Å²) in [6.45, 7) is 3.98. The summed E-state index contributed by atoms with van der Waals surface area (Å²) >= 11 is 0. The van der Waals surface area contributed by atoms with Gasteiger partial charge >= 0.3 is 0 Å². The Bertz CT molecular complexity index is 340. The third-order valence-electron chi connectivity index (χ3n) is 3.20. The van der Waals surface area contributed by atoms with Crippen LogP contribution in [0.3, 0.4) is 0 Å². The minimum atomic E-state index is -0.916. The van der Waals surface area contributed by atoms with E-state index < -0.39 is 11.5 Å². The first-order valence-electron chi connectivity index (χ1n) is 6.05. The predicted molar refractivity (Wildman–Crippen MR) is 62.8 cm³/mol. The minimum Gasteiger partial charge on any atom is -0.355 e. The van der Waals surface area contributed by atoms with E-state index in [-0.39, 0.29) is 11.8 Å². The lowest BCUT2D eigenvalue weighted by atomic mass is 9.87. The molecule has 1 atom stereocenters. The van der Waals surface area contributed by atoms with Gasteiger partial charge in [0.05, 0.1) is 6.07 Å². The fraction of sp³-hybridized carbons (Fsp3) is 0.750. The maximum absolute atomic E-state index is 12.0. The van der Waals surface area contributed by atoms with Gasteiger partial charge in [-0.25, -0.2) is 0 Å². The molecule has 0 aromatic rings. The zero-order valence-corrected chi connectivity index (χ0v) is 10.4. The largest absolute Gasteiger partial charge is 0.355 e. The fourth-order valence-electron chi connectivity index (χ4n) is 2.10. The van der Waals surface area contributed by atoms with Gasteiger partial charge in [-0.3, -0.25) is 9.59 Å². The highest BCUT2D eigenvalue weighted by molar-refractivity contribution is 5.91. The summed E-state index contributed by atoms with van der Waals surface area (Å²) in [6.07, 6.45) is 2.99. The molecule has 0 saturated heterocycles. The number of nitrogens with zero attached hydrogens (tertiary/aromatic N) is 1. The van der Waals surface area contributed by atoms with E-state index in [0.717, 1.165) is 12.8 Å². The Morgan fingerprint density at radius 2 is 2.00 bits per heavy atom. The summed E-state index contributed by atoms with van der Waals surface area (Å²) in [5, 5.41) is 14.4. The molecule has 0 aromatic heterocycles.